The first kappa shape index (κ1) is 17.4. The highest BCUT2D eigenvalue weighted by molar-refractivity contribution is 5.99. The molecule has 2 N–H and O–H groups in total. The van der Waals surface area contributed by atoms with E-state index < -0.39 is 17.7 Å². The number of likely N-dealkylation sites (tertiary alicyclic amines) is 1. The molecular weight excluding hydrogens is 326 g/mol. The molecule has 6 heteroatoms. The highest BCUT2D eigenvalue weighted by Gasteiger charge is 2.24. The van der Waals surface area contributed by atoms with E-state index in [1.807, 2.05) is 0 Å². The zero-order valence-corrected chi connectivity index (χ0v) is 13.7. The molecule has 0 aliphatic carbocycles. The summed E-state index contributed by atoms with van der Waals surface area (Å²) in [6, 6.07) is 10.8. The number of halogens is 2. The molecule has 1 heterocycles. The molecule has 3 rings (SSSR count). The normalized spacial score (nSPS) is 17.4. The third-order valence-corrected chi connectivity index (χ3v) is 4.31. The summed E-state index contributed by atoms with van der Waals surface area (Å²) in [6.45, 7) is 1.22. The fourth-order valence-corrected chi connectivity index (χ4v) is 2.98. The molecule has 0 bridgehead atoms. The summed E-state index contributed by atoms with van der Waals surface area (Å²) in [6.07, 6.45) is 0.997. The Labute approximate surface area is 145 Å². The fraction of sp³-hybridized carbons (Fsp3) is 0.316. The van der Waals surface area contributed by atoms with E-state index in [0.717, 1.165) is 18.6 Å². The van der Waals surface area contributed by atoms with E-state index in [9.17, 15) is 18.7 Å². The molecule has 1 saturated heterocycles. The minimum atomic E-state index is -0.897. The Morgan fingerprint density at radius 2 is 2.00 bits per heavy atom. The SMILES string of the molecule is O=C(c1ccccc1NCc1ccc(F)c(F)c1)N1CCC[C@@H](O)C1. The summed E-state index contributed by atoms with van der Waals surface area (Å²) in [5, 5.41) is 12.9. The second-order valence-electron chi connectivity index (χ2n) is 6.19. The number of nitrogens with one attached hydrogen (secondary N) is 1. The lowest BCUT2D eigenvalue weighted by molar-refractivity contribution is 0.0474. The zero-order valence-electron chi connectivity index (χ0n) is 13.7. The number of para-hydroxylation sites is 1. The summed E-state index contributed by atoms with van der Waals surface area (Å²) in [5.41, 5.74) is 1.70. The van der Waals surface area contributed by atoms with Crippen LogP contribution in [0.1, 0.15) is 28.8 Å². The van der Waals surface area contributed by atoms with Crippen LogP contribution in [0, 0.1) is 11.6 Å². The van der Waals surface area contributed by atoms with Gasteiger partial charge in [0.15, 0.2) is 11.6 Å². The van der Waals surface area contributed by atoms with Gasteiger partial charge in [-0.15, -0.1) is 0 Å². The molecule has 1 amide bonds. The number of benzene rings is 2. The second-order valence-corrected chi connectivity index (χ2v) is 6.19. The summed E-state index contributed by atoms with van der Waals surface area (Å²) < 4.78 is 26.3. The summed E-state index contributed by atoms with van der Waals surface area (Å²) in [7, 11) is 0. The molecule has 1 aliphatic rings. The fourth-order valence-electron chi connectivity index (χ4n) is 2.98. The number of anilines is 1. The third-order valence-electron chi connectivity index (χ3n) is 4.31. The number of nitrogens with zero attached hydrogens (tertiary/aromatic N) is 1. The molecule has 1 fully saturated rings. The Kier molecular flexibility index (Phi) is 5.28. The molecule has 1 atom stereocenters. The molecule has 0 saturated carbocycles. The number of hydrogen-bond donors (Lipinski definition) is 2. The lowest BCUT2D eigenvalue weighted by Gasteiger charge is -2.30. The average molecular weight is 346 g/mol. The zero-order chi connectivity index (χ0) is 17.8. The number of carbonyl (C=O) groups is 1. The van der Waals surface area contributed by atoms with Crippen LogP contribution >= 0.6 is 0 Å². The highest BCUT2D eigenvalue weighted by Crippen LogP contribution is 2.21. The number of aliphatic hydroxyl groups excluding tert-OH is 1. The topological polar surface area (TPSA) is 52.6 Å². The van der Waals surface area contributed by atoms with Gasteiger partial charge in [-0.1, -0.05) is 18.2 Å². The number of rotatable bonds is 4. The van der Waals surface area contributed by atoms with E-state index in [1.165, 1.54) is 6.07 Å². The molecule has 2 aromatic rings. The van der Waals surface area contributed by atoms with Crippen LogP contribution in [0.3, 0.4) is 0 Å². The molecular formula is C19H20F2N2O2. The number of β-amino-alcohol motifs (C(OH)–C–C–N with tert-alkyl or cyclic N) is 1. The third kappa shape index (κ3) is 4.14. The van der Waals surface area contributed by atoms with Gasteiger partial charge in [-0.3, -0.25) is 4.79 Å². The van der Waals surface area contributed by atoms with Crippen LogP contribution in [0.15, 0.2) is 42.5 Å². The Bertz CT molecular complexity index is 767. The predicted octanol–water partition coefficient (Wildman–Crippen LogP) is 3.17. The first-order chi connectivity index (χ1) is 12.0. The van der Waals surface area contributed by atoms with E-state index in [2.05, 4.69) is 5.32 Å². The number of hydrogen-bond acceptors (Lipinski definition) is 3. The quantitative estimate of drug-likeness (QED) is 0.894. The van der Waals surface area contributed by atoms with Crippen molar-refractivity contribution in [3.8, 4) is 0 Å². The second kappa shape index (κ2) is 7.61. The van der Waals surface area contributed by atoms with Crippen molar-refractivity contribution < 1.29 is 18.7 Å². The summed E-state index contributed by atoms with van der Waals surface area (Å²) >= 11 is 0. The molecule has 0 unspecified atom stereocenters. The first-order valence-electron chi connectivity index (χ1n) is 8.29. The predicted molar refractivity (Wildman–Crippen MR) is 91.3 cm³/mol. The van der Waals surface area contributed by atoms with E-state index in [0.29, 0.717) is 36.3 Å². The summed E-state index contributed by atoms with van der Waals surface area (Å²) in [4.78, 5) is 14.4. The van der Waals surface area contributed by atoms with Gasteiger partial charge in [-0.25, -0.2) is 8.78 Å². The van der Waals surface area contributed by atoms with E-state index in [-0.39, 0.29) is 12.5 Å². The van der Waals surface area contributed by atoms with Crippen molar-refractivity contribution in [3.05, 3.63) is 65.2 Å². The van der Waals surface area contributed by atoms with Gasteiger partial charge in [0.1, 0.15) is 0 Å². The van der Waals surface area contributed by atoms with Crippen molar-refractivity contribution in [3.63, 3.8) is 0 Å². The number of amides is 1. The number of carbonyl (C=O) groups excluding carboxylic acids is 1. The molecule has 0 aromatic heterocycles. The van der Waals surface area contributed by atoms with Crippen molar-refractivity contribution in [1.82, 2.24) is 4.90 Å². The number of aliphatic hydroxyl groups is 1. The van der Waals surface area contributed by atoms with E-state index >= 15 is 0 Å². The first-order valence-corrected chi connectivity index (χ1v) is 8.29. The average Bonchev–Trinajstić information content (AvgIpc) is 2.62. The molecule has 1 aliphatic heterocycles. The molecule has 2 aromatic carbocycles. The lowest BCUT2D eigenvalue weighted by atomic mass is 10.1. The minimum absolute atomic E-state index is 0.146. The largest absolute Gasteiger partial charge is 0.391 e. The Balaban J connectivity index is 1.74. The van der Waals surface area contributed by atoms with Gasteiger partial charge in [0, 0.05) is 25.3 Å². The van der Waals surface area contributed by atoms with Crippen LogP contribution in [-0.4, -0.2) is 35.1 Å². The van der Waals surface area contributed by atoms with Gasteiger partial charge in [0.2, 0.25) is 0 Å². The standard InChI is InChI=1S/C19H20F2N2O2/c20-16-8-7-13(10-17(16)21)11-22-18-6-2-1-5-15(18)19(25)23-9-3-4-14(24)12-23/h1-2,5-8,10,14,22,24H,3-4,9,11-12H2/t14-/m1/s1. The molecule has 0 spiro atoms. The van der Waals surface area contributed by atoms with Crippen molar-refractivity contribution in [2.75, 3.05) is 18.4 Å². The molecule has 132 valence electrons. The van der Waals surface area contributed by atoms with Crippen LogP contribution in [0.2, 0.25) is 0 Å². The molecule has 25 heavy (non-hydrogen) atoms. The maximum atomic E-state index is 13.3. The lowest BCUT2D eigenvalue weighted by Crippen LogP contribution is -2.42. The van der Waals surface area contributed by atoms with Gasteiger partial charge < -0.3 is 15.3 Å². The Morgan fingerprint density at radius 3 is 2.76 bits per heavy atom. The minimum Gasteiger partial charge on any atom is -0.391 e. The van der Waals surface area contributed by atoms with Crippen molar-refractivity contribution >= 4 is 11.6 Å². The van der Waals surface area contributed by atoms with E-state index in [4.69, 9.17) is 0 Å². The van der Waals surface area contributed by atoms with Crippen molar-refractivity contribution in [2.24, 2.45) is 0 Å². The van der Waals surface area contributed by atoms with Crippen LogP contribution in [-0.2, 0) is 6.54 Å². The van der Waals surface area contributed by atoms with Crippen molar-refractivity contribution in [2.45, 2.75) is 25.5 Å². The van der Waals surface area contributed by atoms with E-state index in [1.54, 1.807) is 29.2 Å². The highest BCUT2D eigenvalue weighted by atomic mass is 19.2. The monoisotopic (exact) mass is 346 g/mol. The van der Waals surface area contributed by atoms with Crippen LogP contribution in [0.25, 0.3) is 0 Å². The number of piperidine rings is 1. The molecule has 4 nitrogen and oxygen atoms in total. The van der Waals surface area contributed by atoms with Gasteiger partial charge in [0.25, 0.3) is 5.91 Å². The van der Waals surface area contributed by atoms with Gasteiger partial charge in [-0.05, 0) is 42.7 Å². The van der Waals surface area contributed by atoms with Crippen LogP contribution < -0.4 is 5.32 Å². The maximum absolute atomic E-state index is 13.3. The summed E-state index contributed by atoms with van der Waals surface area (Å²) in [5.74, 6) is -1.93. The Morgan fingerprint density at radius 1 is 1.20 bits per heavy atom. The maximum Gasteiger partial charge on any atom is 0.256 e. The van der Waals surface area contributed by atoms with Gasteiger partial charge in [0.05, 0.1) is 11.7 Å². The van der Waals surface area contributed by atoms with Crippen LogP contribution in [0.4, 0.5) is 14.5 Å². The Hall–Kier alpha value is -2.47. The van der Waals surface area contributed by atoms with Crippen molar-refractivity contribution in [1.29, 1.82) is 0 Å². The van der Waals surface area contributed by atoms with Crippen LogP contribution in [0.5, 0.6) is 0 Å². The smallest absolute Gasteiger partial charge is 0.256 e. The van der Waals surface area contributed by atoms with Gasteiger partial charge in [-0.2, -0.15) is 0 Å². The molecule has 0 radical (unpaired) electrons. The van der Waals surface area contributed by atoms with Gasteiger partial charge >= 0.3 is 0 Å².